The zero-order valence-electron chi connectivity index (χ0n) is 16.5. The summed E-state index contributed by atoms with van der Waals surface area (Å²) in [6.45, 7) is 2.58. The van der Waals surface area contributed by atoms with Crippen LogP contribution in [0, 0.1) is 0 Å². The molecule has 0 saturated heterocycles. The van der Waals surface area contributed by atoms with Gasteiger partial charge in [-0.1, -0.05) is 41.9 Å². The van der Waals surface area contributed by atoms with Gasteiger partial charge in [0.2, 0.25) is 0 Å². The first-order valence-corrected chi connectivity index (χ1v) is 10.1. The number of halogens is 1. The summed E-state index contributed by atoms with van der Waals surface area (Å²) in [6.07, 6.45) is -0.594. The molecule has 3 aromatic carbocycles. The SMILES string of the molecule is C[C@@H]1Oc2ccc(NC(=O)c3ccccc3)cc2CN(Cc2ccc(Cl)cc2)C1=O. The van der Waals surface area contributed by atoms with E-state index >= 15 is 0 Å². The molecule has 1 aliphatic heterocycles. The highest BCUT2D eigenvalue weighted by Crippen LogP contribution is 2.29. The Bertz CT molecular complexity index is 1070. The van der Waals surface area contributed by atoms with E-state index in [0.29, 0.717) is 35.1 Å². The van der Waals surface area contributed by atoms with E-state index in [9.17, 15) is 9.59 Å². The number of anilines is 1. The van der Waals surface area contributed by atoms with Crippen LogP contribution >= 0.6 is 11.6 Å². The van der Waals surface area contributed by atoms with Crippen molar-refractivity contribution < 1.29 is 14.3 Å². The van der Waals surface area contributed by atoms with Crippen molar-refractivity contribution in [3.05, 3.63) is 94.5 Å². The molecule has 5 nitrogen and oxygen atoms in total. The number of nitrogens with one attached hydrogen (secondary N) is 1. The summed E-state index contributed by atoms with van der Waals surface area (Å²) in [4.78, 5) is 27.1. The van der Waals surface area contributed by atoms with Crippen molar-refractivity contribution in [3.8, 4) is 5.75 Å². The molecule has 0 unspecified atom stereocenters. The Kier molecular flexibility index (Phi) is 5.72. The van der Waals surface area contributed by atoms with Crippen molar-refractivity contribution in [3.63, 3.8) is 0 Å². The van der Waals surface area contributed by atoms with Gasteiger partial charge in [-0.25, -0.2) is 0 Å². The number of hydrogen-bond donors (Lipinski definition) is 1. The number of nitrogens with zero attached hydrogens (tertiary/aromatic N) is 1. The maximum atomic E-state index is 12.8. The second-order valence-corrected chi connectivity index (χ2v) is 7.66. The van der Waals surface area contributed by atoms with E-state index in [4.69, 9.17) is 16.3 Å². The van der Waals surface area contributed by atoms with Gasteiger partial charge in [-0.15, -0.1) is 0 Å². The highest BCUT2D eigenvalue weighted by molar-refractivity contribution is 6.30. The van der Waals surface area contributed by atoms with Crippen molar-refractivity contribution in [2.75, 3.05) is 5.32 Å². The molecule has 2 amide bonds. The molecule has 1 aliphatic rings. The first kappa shape index (κ1) is 20.0. The molecule has 4 rings (SSSR count). The molecule has 152 valence electrons. The number of benzene rings is 3. The van der Waals surface area contributed by atoms with E-state index in [-0.39, 0.29) is 11.8 Å². The van der Waals surface area contributed by atoms with Gasteiger partial charge in [0, 0.05) is 34.9 Å². The molecule has 0 fully saturated rings. The second kappa shape index (κ2) is 8.59. The summed E-state index contributed by atoms with van der Waals surface area (Å²) in [7, 11) is 0. The van der Waals surface area contributed by atoms with Crippen LogP contribution in [0.5, 0.6) is 5.75 Å². The lowest BCUT2D eigenvalue weighted by Crippen LogP contribution is -2.37. The third-order valence-electron chi connectivity index (χ3n) is 4.97. The Labute approximate surface area is 180 Å². The predicted molar refractivity (Wildman–Crippen MR) is 117 cm³/mol. The lowest BCUT2D eigenvalue weighted by molar-refractivity contribution is -0.138. The molecule has 1 N–H and O–H groups in total. The topological polar surface area (TPSA) is 58.6 Å². The van der Waals surface area contributed by atoms with E-state index < -0.39 is 6.10 Å². The zero-order chi connectivity index (χ0) is 21.1. The second-order valence-electron chi connectivity index (χ2n) is 7.22. The summed E-state index contributed by atoms with van der Waals surface area (Å²) in [5.41, 5.74) is 3.06. The minimum absolute atomic E-state index is 0.0870. The Balaban J connectivity index is 1.56. The van der Waals surface area contributed by atoms with Crippen LogP contribution in [0.4, 0.5) is 5.69 Å². The monoisotopic (exact) mass is 420 g/mol. The molecule has 0 aromatic heterocycles. The van der Waals surface area contributed by atoms with Crippen LogP contribution in [-0.4, -0.2) is 22.8 Å². The molecule has 30 heavy (non-hydrogen) atoms. The van der Waals surface area contributed by atoms with Crippen LogP contribution in [0.3, 0.4) is 0 Å². The van der Waals surface area contributed by atoms with E-state index in [2.05, 4.69) is 5.32 Å². The maximum Gasteiger partial charge on any atom is 0.263 e. The van der Waals surface area contributed by atoms with Gasteiger partial charge in [-0.3, -0.25) is 9.59 Å². The van der Waals surface area contributed by atoms with Crippen LogP contribution in [0.2, 0.25) is 5.02 Å². The third-order valence-corrected chi connectivity index (χ3v) is 5.22. The molecule has 3 aromatic rings. The summed E-state index contributed by atoms with van der Waals surface area (Å²) in [5, 5.41) is 3.56. The van der Waals surface area contributed by atoms with E-state index in [1.165, 1.54) is 0 Å². The molecule has 1 atom stereocenters. The fraction of sp³-hybridized carbons (Fsp3) is 0.167. The molecular weight excluding hydrogens is 400 g/mol. The summed E-state index contributed by atoms with van der Waals surface area (Å²) in [5.74, 6) is 0.371. The minimum atomic E-state index is -0.594. The number of fused-ring (bicyclic) bond motifs is 1. The highest BCUT2D eigenvalue weighted by atomic mass is 35.5. The van der Waals surface area contributed by atoms with E-state index in [1.807, 2.05) is 48.5 Å². The van der Waals surface area contributed by atoms with Crippen molar-refractivity contribution in [2.24, 2.45) is 0 Å². The van der Waals surface area contributed by atoms with Gasteiger partial charge in [0.25, 0.3) is 11.8 Å². The van der Waals surface area contributed by atoms with Crippen molar-refractivity contribution in [2.45, 2.75) is 26.1 Å². The van der Waals surface area contributed by atoms with Gasteiger partial charge in [-0.05, 0) is 55.0 Å². The third kappa shape index (κ3) is 4.47. The normalized spacial score (nSPS) is 15.7. The van der Waals surface area contributed by atoms with Gasteiger partial charge in [-0.2, -0.15) is 0 Å². The minimum Gasteiger partial charge on any atom is -0.481 e. The molecular formula is C24H21ClN2O3. The van der Waals surface area contributed by atoms with Crippen LogP contribution in [0.15, 0.2) is 72.8 Å². The predicted octanol–water partition coefficient (Wildman–Crippen LogP) is 4.90. The Morgan fingerprint density at radius 3 is 2.57 bits per heavy atom. The van der Waals surface area contributed by atoms with Crippen LogP contribution < -0.4 is 10.1 Å². The first-order valence-electron chi connectivity index (χ1n) is 9.69. The Morgan fingerprint density at radius 1 is 1.10 bits per heavy atom. The lowest BCUT2D eigenvalue weighted by atomic mass is 10.1. The van der Waals surface area contributed by atoms with Gasteiger partial charge in [0.05, 0.1) is 0 Å². The largest absolute Gasteiger partial charge is 0.481 e. The number of carbonyl (C=O) groups excluding carboxylic acids is 2. The van der Waals surface area contributed by atoms with Gasteiger partial charge in [0.1, 0.15) is 5.75 Å². The molecule has 1 heterocycles. The fourth-order valence-corrected chi connectivity index (χ4v) is 3.54. The van der Waals surface area contributed by atoms with E-state index in [0.717, 1.165) is 11.1 Å². The average molecular weight is 421 g/mol. The van der Waals surface area contributed by atoms with Crippen LogP contribution in [0.1, 0.15) is 28.4 Å². The van der Waals surface area contributed by atoms with Gasteiger partial charge < -0.3 is 15.0 Å². The summed E-state index contributed by atoms with van der Waals surface area (Å²) >= 11 is 5.97. The molecule has 0 bridgehead atoms. The molecule has 0 aliphatic carbocycles. The standard InChI is InChI=1S/C24H21ClN2O3/c1-16-24(29)27(14-17-7-9-20(25)10-8-17)15-19-13-21(11-12-22(19)30-16)26-23(28)18-5-3-2-4-6-18/h2-13,16H,14-15H2,1H3,(H,26,28)/t16-/m0/s1. The number of hydrogen-bond acceptors (Lipinski definition) is 3. The molecule has 0 saturated carbocycles. The van der Waals surface area contributed by atoms with Crippen molar-refractivity contribution in [1.29, 1.82) is 0 Å². The van der Waals surface area contributed by atoms with E-state index in [1.54, 1.807) is 36.1 Å². The number of amides is 2. The van der Waals surface area contributed by atoms with Crippen molar-refractivity contribution >= 4 is 29.1 Å². The quantitative estimate of drug-likeness (QED) is 0.653. The number of rotatable bonds is 4. The lowest BCUT2D eigenvalue weighted by Gasteiger charge is -2.22. The molecule has 0 spiro atoms. The first-order chi connectivity index (χ1) is 14.5. The average Bonchev–Trinajstić information content (AvgIpc) is 2.87. The molecule has 0 radical (unpaired) electrons. The van der Waals surface area contributed by atoms with Gasteiger partial charge in [0.15, 0.2) is 6.10 Å². The summed E-state index contributed by atoms with van der Waals surface area (Å²) in [6, 6.07) is 21.9. The smallest absolute Gasteiger partial charge is 0.263 e. The number of ether oxygens (including phenoxy) is 1. The zero-order valence-corrected chi connectivity index (χ0v) is 17.2. The fourth-order valence-electron chi connectivity index (χ4n) is 3.41. The van der Waals surface area contributed by atoms with Crippen molar-refractivity contribution in [1.82, 2.24) is 4.90 Å². The van der Waals surface area contributed by atoms with Crippen LogP contribution in [-0.2, 0) is 17.9 Å². The number of carbonyl (C=O) groups is 2. The Hall–Kier alpha value is -3.31. The van der Waals surface area contributed by atoms with Gasteiger partial charge >= 0.3 is 0 Å². The Morgan fingerprint density at radius 2 is 1.83 bits per heavy atom. The molecule has 6 heteroatoms. The maximum absolute atomic E-state index is 12.8. The highest BCUT2D eigenvalue weighted by Gasteiger charge is 2.28. The summed E-state index contributed by atoms with van der Waals surface area (Å²) < 4.78 is 5.88. The van der Waals surface area contributed by atoms with Crippen LogP contribution in [0.25, 0.3) is 0 Å².